The van der Waals surface area contributed by atoms with Gasteiger partial charge in [-0.15, -0.1) is 0 Å². The van der Waals surface area contributed by atoms with E-state index in [1.807, 2.05) is 0 Å². The zero-order valence-corrected chi connectivity index (χ0v) is 12.4. The van der Waals surface area contributed by atoms with E-state index in [-0.39, 0.29) is 5.91 Å². The molecule has 5 nitrogen and oxygen atoms in total. The highest BCUT2D eigenvalue weighted by atomic mass is 35.5. The van der Waals surface area contributed by atoms with Gasteiger partial charge in [0, 0.05) is 25.8 Å². The predicted molar refractivity (Wildman–Crippen MR) is 79.2 cm³/mol. The van der Waals surface area contributed by atoms with Crippen molar-refractivity contribution in [3.8, 4) is 0 Å². The van der Waals surface area contributed by atoms with E-state index in [0.717, 1.165) is 25.8 Å². The Kier molecular flexibility index (Phi) is 5.20. The number of piperidine rings is 1. The average molecular weight is 298 g/mol. The Hall–Kier alpha value is -1.33. The maximum absolute atomic E-state index is 12.5. The van der Waals surface area contributed by atoms with E-state index in [4.69, 9.17) is 11.6 Å². The van der Waals surface area contributed by atoms with Gasteiger partial charge in [0.2, 0.25) is 0 Å². The number of aliphatic hydroxyl groups excluding tert-OH is 1. The van der Waals surface area contributed by atoms with E-state index in [9.17, 15) is 9.90 Å². The summed E-state index contributed by atoms with van der Waals surface area (Å²) >= 11 is 6.08. The van der Waals surface area contributed by atoms with Gasteiger partial charge >= 0.3 is 0 Å². The van der Waals surface area contributed by atoms with Crippen molar-refractivity contribution in [1.29, 1.82) is 0 Å². The molecule has 2 heterocycles. The fourth-order valence-corrected chi connectivity index (χ4v) is 2.45. The Balaban J connectivity index is 2.15. The SMILES string of the molecule is CCCNc1cc(C(=O)N2CCCC(O)C2)c(Cl)cn1. The van der Waals surface area contributed by atoms with E-state index in [0.29, 0.717) is 29.5 Å². The fraction of sp³-hybridized carbons (Fsp3) is 0.571. The van der Waals surface area contributed by atoms with E-state index < -0.39 is 6.10 Å². The van der Waals surface area contributed by atoms with Crippen LogP contribution in [0.25, 0.3) is 0 Å². The lowest BCUT2D eigenvalue weighted by Gasteiger charge is -2.30. The van der Waals surface area contributed by atoms with Crippen LogP contribution in [0, 0.1) is 0 Å². The van der Waals surface area contributed by atoms with Crippen LogP contribution >= 0.6 is 11.6 Å². The molecule has 0 saturated carbocycles. The molecule has 1 aromatic heterocycles. The van der Waals surface area contributed by atoms with E-state index in [1.165, 1.54) is 6.20 Å². The number of carbonyl (C=O) groups is 1. The van der Waals surface area contributed by atoms with Crippen molar-refractivity contribution in [3.05, 3.63) is 22.8 Å². The van der Waals surface area contributed by atoms with Crippen LogP contribution in [0.4, 0.5) is 5.82 Å². The number of carbonyl (C=O) groups excluding carboxylic acids is 1. The van der Waals surface area contributed by atoms with Gasteiger partial charge in [-0.25, -0.2) is 4.98 Å². The second kappa shape index (κ2) is 6.90. The summed E-state index contributed by atoms with van der Waals surface area (Å²) in [5.74, 6) is 0.507. The second-order valence-corrected chi connectivity index (χ2v) is 5.43. The number of halogens is 1. The molecular weight excluding hydrogens is 278 g/mol. The quantitative estimate of drug-likeness (QED) is 0.894. The number of rotatable bonds is 4. The number of aliphatic hydroxyl groups is 1. The summed E-state index contributed by atoms with van der Waals surface area (Å²) in [5, 5.41) is 13.1. The van der Waals surface area contributed by atoms with Crippen molar-refractivity contribution in [1.82, 2.24) is 9.88 Å². The van der Waals surface area contributed by atoms with E-state index in [1.54, 1.807) is 11.0 Å². The highest BCUT2D eigenvalue weighted by Gasteiger charge is 2.24. The largest absolute Gasteiger partial charge is 0.391 e. The molecule has 0 aromatic carbocycles. The van der Waals surface area contributed by atoms with Crippen molar-refractivity contribution in [2.45, 2.75) is 32.3 Å². The number of nitrogens with one attached hydrogen (secondary N) is 1. The van der Waals surface area contributed by atoms with Gasteiger partial charge in [-0.05, 0) is 25.3 Å². The van der Waals surface area contributed by atoms with Gasteiger partial charge in [0.05, 0.1) is 16.7 Å². The first-order valence-corrected chi connectivity index (χ1v) is 7.36. The van der Waals surface area contributed by atoms with Crippen molar-refractivity contribution in [2.75, 3.05) is 25.0 Å². The van der Waals surface area contributed by atoms with Crippen LogP contribution in [0.15, 0.2) is 12.3 Å². The van der Waals surface area contributed by atoms with Gasteiger partial charge in [0.1, 0.15) is 5.82 Å². The molecule has 0 radical (unpaired) electrons. The van der Waals surface area contributed by atoms with Gasteiger partial charge in [-0.2, -0.15) is 0 Å². The van der Waals surface area contributed by atoms with Gasteiger partial charge in [-0.3, -0.25) is 4.79 Å². The van der Waals surface area contributed by atoms with E-state index in [2.05, 4.69) is 17.2 Å². The van der Waals surface area contributed by atoms with Crippen LogP contribution in [0.1, 0.15) is 36.5 Å². The van der Waals surface area contributed by atoms with Crippen LogP contribution < -0.4 is 5.32 Å². The molecule has 1 saturated heterocycles. The van der Waals surface area contributed by atoms with Gasteiger partial charge in [-0.1, -0.05) is 18.5 Å². The molecule has 6 heteroatoms. The van der Waals surface area contributed by atoms with Gasteiger partial charge in [0.25, 0.3) is 5.91 Å². The highest BCUT2D eigenvalue weighted by Crippen LogP contribution is 2.22. The number of hydrogen-bond acceptors (Lipinski definition) is 4. The first-order chi connectivity index (χ1) is 9.61. The number of β-amino-alcohol motifs (C(OH)–C–C–N with tert-alkyl or cyclic N) is 1. The van der Waals surface area contributed by atoms with Crippen LogP contribution in [-0.2, 0) is 0 Å². The average Bonchev–Trinajstić information content (AvgIpc) is 2.45. The maximum Gasteiger partial charge on any atom is 0.255 e. The van der Waals surface area contributed by atoms with Crippen LogP contribution in [0.2, 0.25) is 5.02 Å². The van der Waals surface area contributed by atoms with Crippen LogP contribution in [0.3, 0.4) is 0 Å². The molecule has 1 aliphatic rings. The minimum atomic E-state index is -0.439. The lowest BCUT2D eigenvalue weighted by molar-refractivity contribution is 0.0474. The molecule has 1 fully saturated rings. The number of anilines is 1. The third-order valence-electron chi connectivity index (χ3n) is 3.33. The molecular formula is C14H20ClN3O2. The fourth-order valence-electron chi connectivity index (χ4n) is 2.26. The Morgan fingerprint density at radius 1 is 1.65 bits per heavy atom. The predicted octanol–water partition coefficient (Wildman–Crippen LogP) is 2.15. The van der Waals surface area contributed by atoms with Crippen LogP contribution in [0.5, 0.6) is 0 Å². The zero-order chi connectivity index (χ0) is 14.5. The summed E-state index contributed by atoms with van der Waals surface area (Å²) in [6.45, 7) is 3.89. The molecule has 1 unspecified atom stereocenters. The van der Waals surface area contributed by atoms with Crippen molar-refractivity contribution >= 4 is 23.3 Å². The first-order valence-electron chi connectivity index (χ1n) is 6.98. The smallest absolute Gasteiger partial charge is 0.255 e. The zero-order valence-electron chi connectivity index (χ0n) is 11.6. The molecule has 110 valence electrons. The minimum absolute atomic E-state index is 0.143. The third kappa shape index (κ3) is 3.61. The Labute approximate surface area is 123 Å². The molecule has 0 bridgehead atoms. The number of pyridine rings is 1. The molecule has 1 atom stereocenters. The van der Waals surface area contributed by atoms with Crippen molar-refractivity contribution in [2.24, 2.45) is 0 Å². The molecule has 1 aromatic rings. The monoisotopic (exact) mass is 297 g/mol. The summed E-state index contributed by atoms with van der Waals surface area (Å²) in [6, 6.07) is 1.68. The Bertz CT molecular complexity index is 481. The third-order valence-corrected chi connectivity index (χ3v) is 3.63. The summed E-state index contributed by atoms with van der Waals surface area (Å²) in [6.07, 6.45) is 3.60. The molecule has 0 aliphatic carbocycles. The van der Waals surface area contributed by atoms with Gasteiger partial charge < -0.3 is 15.3 Å². The van der Waals surface area contributed by atoms with E-state index >= 15 is 0 Å². The number of amides is 1. The molecule has 2 N–H and O–H groups in total. The van der Waals surface area contributed by atoms with Gasteiger partial charge in [0.15, 0.2) is 0 Å². The van der Waals surface area contributed by atoms with Crippen LogP contribution in [-0.4, -0.2) is 46.6 Å². The molecule has 1 amide bonds. The summed E-state index contributed by atoms with van der Waals surface area (Å²) in [7, 11) is 0. The van der Waals surface area contributed by atoms with Crippen molar-refractivity contribution < 1.29 is 9.90 Å². The molecule has 20 heavy (non-hydrogen) atoms. The Morgan fingerprint density at radius 3 is 3.15 bits per heavy atom. The summed E-state index contributed by atoms with van der Waals surface area (Å²) in [4.78, 5) is 18.3. The topological polar surface area (TPSA) is 65.5 Å². The number of hydrogen-bond donors (Lipinski definition) is 2. The molecule has 0 spiro atoms. The lowest BCUT2D eigenvalue weighted by atomic mass is 10.1. The highest BCUT2D eigenvalue weighted by molar-refractivity contribution is 6.33. The lowest BCUT2D eigenvalue weighted by Crippen LogP contribution is -2.42. The second-order valence-electron chi connectivity index (χ2n) is 5.02. The molecule has 2 rings (SSSR count). The first kappa shape index (κ1) is 15.1. The van der Waals surface area contributed by atoms with Crippen molar-refractivity contribution in [3.63, 3.8) is 0 Å². The summed E-state index contributed by atoms with van der Waals surface area (Å²) < 4.78 is 0. The summed E-state index contributed by atoms with van der Waals surface area (Å²) in [5.41, 5.74) is 0.439. The number of nitrogens with zero attached hydrogens (tertiary/aromatic N) is 2. The Morgan fingerprint density at radius 2 is 2.45 bits per heavy atom. The minimum Gasteiger partial charge on any atom is -0.391 e. The maximum atomic E-state index is 12.5. The molecule has 1 aliphatic heterocycles. The normalized spacial score (nSPS) is 18.9. The standard InChI is InChI=1S/C14H20ClN3O2/c1-2-5-16-13-7-11(12(15)8-17-13)14(20)18-6-3-4-10(19)9-18/h7-8,10,19H,2-6,9H2,1H3,(H,16,17). The number of aromatic nitrogens is 1. The number of likely N-dealkylation sites (tertiary alicyclic amines) is 1.